The van der Waals surface area contributed by atoms with Gasteiger partial charge in [0.25, 0.3) is 0 Å². The van der Waals surface area contributed by atoms with Gasteiger partial charge in [0.2, 0.25) is 10.0 Å². The third-order valence-corrected chi connectivity index (χ3v) is 5.95. The van der Waals surface area contributed by atoms with Gasteiger partial charge >= 0.3 is 0 Å². The number of nitrogens with zero attached hydrogens (tertiary/aromatic N) is 1. The molecule has 0 fully saturated rings. The van der Waals surface area contributed by atoms with E-state index in [1.807, 2.05) is 31.2 Å². The van der Waals surface area contributed by atoms with Crippen LogP contribution in [0.1, 0.15) is 18.9 Å². The average molecular weight is 320 g/mol. The number of rotatable bonds is 7. The standard InChI is InChI=1S/C13H21NO2S3/c1-11(10-17)14(2)19(15,16)8-4-6-12-5-3-7-13(18)9-12/h3,5,7,9,11,17-18H,4,6,8,10H2,1-2H3/t11-/m1/s1. The molecule has 0 amide bonds. The van der Waals surface area contributed by atoms with E-state index in [4.69, 9.17) is 0 Å². The van der Waals surface area contributed by atoms with E-state index in [0.717, 1.165) is 16.9 Å². The van der Waals surface area contributed by atoms with Crippen molar-refractivity contribution in [2.75, 3.05) is 18.6 Å². The molecule has 1 aromatic carbocycles. The number of thiol groups is 2. The second-order valence-electron chi connectivity index (χ2n) is 4.64. The Balaban J connectivity index is 2.52. The molecule has 0 radical (unpaired) electrons. The zero-order chi connectivity index (χ0) is 14.5. The topological polar surface area (TPSA) is 37.4 Å². The van der Waals surface area contributed by atoms with Crippen LogP contribution < -0.4 is 0 Å². The molecule has 0 aromatic heterocycles. The number of aryl methyl sites for hydroxylation is 1. The van der Waals surface area contributed by atoms with Crippen LogP contribution in [-0.2, 0) is 16.4 Å². The molecule has 0 saturated heterocycles. The number of benzene rings is 1. The summed E-state index contributed by atoms with van der Waals surface area (Å²) in [6, 6.07) is 7.73. The minimum Gasteiger partial charge on any atom is -0.212 e. The van der Waals surface area contributed by atoms with E-state index in [0.29, 0.717) is 12.2 Å². The Labute approximate surface area is 127 Å². The third kappa shape index (κ3) is 5.38. The SMILES string of the molecule is C[C@H](CS)N(C)S(=O)(=O)CCCc1cccc(S)c1. The minimum absolute atomic E-state index is 0.0749. The number of hydrogen-bond donors (Lipinski definition) is 2. The van der Waals surface area contributed by atoms with E-state index in [9.17, 15) is 8.42 Å². The lowest BCUT2D eigenvalue weighted by atomic mass is 10.1. The van der Waals surface area contributed by atoms with Gasteiger partial charge in [-0.05, 0) is 37.5 Å². The molecule has 0 spiro atoms. The normalized spacial score (nSPS) is 13.7. The van der Waals surface area contributed by atoms with Gasteiger partial charge in [0.15, 0.2) is 0 Å². The molecule has 1 aromatic rings. The molecular weight excluding hydrogens is 298 g/mol. The molecule has 3 nitrogen and oxygen atoms in total. The van der Waals surface area contributed by atoms with Gasteiger partial charge in [-0.2, -0.15) is 12.6 Å². The van der Waals surface area contributed by atoms with E-state index >= 15 is 0 Å². The Kier molecular flexibility index (Phi) is 6.73. The van der Waals surface area contributed by atoms with Crippen molar-refractivity contribution < 1.29 is 8.42 Å². The smallest absolute Gasteiger partial charge is 0.212 e. The second-order valence-corrected chi connectivity index (χ2v) is 7.67. The molecule has 19 heavy (non-hydrogen) atoms. The molecule has 0 aliphatic rings. The van der Waals surface area contributed by atoms with E-state index in [1.54, 1.807) is 7.05 Å². The summed E-state index contributed by atoms with van der Waals surface area (Å²) in [7, 11) is -1.57. The first-order chi connectivity index (χ1) is 8.86. The van der Waals surface area contributed by atoms with Gasteiger partial charge in [-0.1, -0.05) is 12.1 Å². The van der Waals surface area contributed by atoms with Crippen LogP contribution in [0.5, 0.6) is 0 Å². The van der Waals surface area contributed by atoms with Crippen molar-refractivity contribution in [2.45, 2.75) is 30.7 Å². The highest BCUT2D eigenvalue weighted by Gasteiger charge is 2.21. The summed E-state index contributed by atoms with van der Waals surface area (Å²) >= 11 is 8.40. The van der Waals surface area contributed by atoms with Gasteiger partial charge in [0, 0.05) is 23.7 Å². The van der Waals surface area contributed by atoms with Gasteiger partial charge in [0.05, 0.1) is 5.75 Å². The quantitative estimate of drug-likeness (QED) is 0.758. The molecule has 0 N–H and O–H groups in total. The summed E-state index contributed by atoms with van der Waals surface area (Å²) in [5.41, 5.74) is 1.12. The lowest BCUT2D eigenvalue weighted by Gasteiger charge is -2.22. The average Bonchev–Trinajstić information content (AvgIpc) is 2.36. The number of hydrogen-bond acceptors (Lipinski definition) is 4. The van der Waals surface area contributed by atoms with Crippen LogP contribution in [-0.4, -0.2) is 37.3 Å². The fraction of sp³-hybridized carbons (Fsp3) is 0.538. The van der Waals surface area contributed by atoms with E-state index < -0.39 is 10.0 Å². The van der Waals surface area contributed by atoms with Crippen molar-refractivity contribution in [1.82, 2.24) is 4.31 Å². The van der Waals surface area contributed by atoms with Crippen LogP contribution in [0.3, 0.4) is 0 Å². The monoisotopic (exact) mass is 319 g/mol. The van der Waals surface area contributed by atoms with E-state index in [1.165, 1.54) is 4.31 Å². The van der Waals surface area contributed by atoms with Crippen LogP contribution in [0.2, 0.25) is 0 Å². The highest BCUT2D eigenvalue weighted by atomic mass is 32.2. The van der Waals surface area contributed by atoms with Crippen molar-refractivity contribution in [2.24, 2.45) is 0 Å². The van der Waals surface area contributed by atoms with Crippen LogP contribution in [0.25, 0.3) is 0 Å². The van der Waals surface area contributed by atoms with Crippen LogP contribution in [0.15, 0.2) is 29.2 Å². The third-order valence-electron chi connectivity index (χ3n) is 3.10. The summed E-state index contributed by atoms with van der Waals surface area (Å²) in [5, 5.41) is 0. The molecule has 0 bridgehead atoms. The maximum absolute atomic E-state index is 12.1. The molecule has 0 heterocycles. The Morgan fingerprint density at radius 2 is 2.05 bits per heavy atom. The highest BCUT2D eigenvalue weighted by molar-refractivity contribution is 7.89. The first-order valence-electron chi connectivity index (χ1n) is 6.21. The summed E-state index contributed by atoms with van der Waals surface area (Å²) < 4.78 is 25.5. The van der Waals surface area contributed by atoms with Crippen molar-refractivity contribution in [1.29, 1.82) is 0 Å². The van der Waals surface area contributed by atoms with Gasteiger partial charge in [-0.25, -0.2) is 12.7 Å². The first-order valence-corrected chi connectivity index (χ1v) is 8.90. The molecule has 0 aliphatic heterocycles. The predicted octanol–water partition coefficient (Wildman–Crippen LogP) is 2.49. The second kappa shape index (κ2) is 7.57. The maximum atomic E-state index is 12.1. The van der Waals surface area contributed by atoms with Gasteiger partial charge in [-0.15, -0.1) is 12.6 Å². The lowest BCUT2D eigenvalue weighted by molar-refractivity contribution is 0.414. The Morgan fingerprint density at radius 3 is 2.63 bits per heavy atom. The van der Waals surface area contributed by atoms with E-state index in [-0.39, 0.29) is 11.8 Å². The molecule has 0 saturated carbocycles. The molecular formula is C13H21NO2S3. The van der Waals surface area contributed by atoms with E-state index in [2.05, 4.69) is 25.3 Å². The summed E-state index contributed by atoms with van der Waals surface area (Å²) in [6.45, 7) is 1.86. The van der Waals surface area contributed by atoms with Crippen molar-refractivity contribution in [3.63, 3.8) is 0 Å². The van der Waals surface area contributed by atoms with Crippen molar-refractivity contribution in [3.8, 4) is 0 Å². The lowest BCUT2D eigenvalue weighted by Crippen LogP contribution is -2.37. The molecule has 108 valence electrons. The minimum atomic E-state index is -3.19. The zero-order valence-corrected chi connectivity index (χ0v) is 13.9. The van der Waals surface area contributed by atoms with Crippen molar-refractivity contribution in [3.05, 3.63) is 29.8 Å². The fourth-order valence-electron chi connectivity index (χ4n) is 1.70. The maximum Gasteiger partial charge on any atom is 0.214 e. The molecule has 0 unspecified atom stereocenters. The summed E-state index contributed by atoms with van der Waals surface area (Å²) in [6.07, 6.45) is 1.36. The zero-order valence-electron chi connectivity index (χ0n) is 11.3. The largest absolute Gasteiger partial charge is 0.214 e. The Hall–Kier alpha value is -0.170. The summed E-state index contributed by atoms with van der Waals surface area (Å²) in [4.78, 5) is 0.904. The molecule has 0 aliphatic carbocycles. The molecule has 6 heteroatoms. The first kappa shape index (κ1) is 16.9. The number of sulfonamides is 1. The summed E-state index contributed by atoms with van der Waals surface area (Å²) in [5.74, 6) is 0.690. The van der Waals surface area contributed by atoms with Crippen molar-refractivity contribution >= 4 is 35.3 Å². The van der Waals surface area contributed by atoms with Gasteiger partial charge in [0.1, 0.15) is 0 Å². The Bertz CT molecular complexity index is 502. The fourth-order valence-corrected chi connectivity index (χ4v) is 3.73. The molecule has 1 rings (SSSR count). The Morgan fingerprint density at radius 1 is 1.37 bits per heavy atom. The van der Waals surface area contributed by atoms with Crippen LogP contribution in [0.4, 0.5) is 0 Å². The van der Waals surface area contributed by atoms with Crippen LogP contribution in [0, 0.1) is 0 Å². The van der Waals surface area contributed by atoms with Gasteiger partial charge in [-0.3, -0.25) is 0 Å². The highest BCUT2D eigenvalue weighted by Crippen LogP contribution is 2.13. The van der Waals surface area contributed by atoms with Crippen LogP contribution >= 0.6 is 25.3 Å². The predicted molar refractivity (Wildman–Crippen MR) is 86.9 cm³/mol. The van der Waals surface area contributed by atoms with Gasteiger partial charge < -0.3 is 0 Å². The molecule has 1 atom stereocenters.